The van der Waals surface area contributed by atoms with E-state index in [1.54, 1.807) is 14.2 Å². The van der Waals surface area contributed by atoms with Gasteiger partial charge in [0.25, 0.3) is 0 Å². The van der Waals surface area contributed by atoms with Crippen LogP contribution in [0.25, 0.3) is 0 Å². The second-order valence-electron chi connectivity index (χ2n) is 5.65. The van der Waals surface area contributed by atoms with E-state index in [1.807, 2.05) is 30.3 Å². The SMILES string of the molecule is COc1ccc(OC)c([C@H](C)NCc2cccc3c2OCCO3)c1. The quantitative estimate of drug-likeness (QED) is 0.881. The summed E-state index contributed by atoms with van der Waals surface area (Å²) in [7, 11) is 3.34. The van der Waals surface area contributed by atoms with Crippen LogP contribution in [0, 0.1) is 0 Å². The van der Waals surface area contributed by atoms with Gasteiger partial charge >= 0.3 is 0 Å². The van der Waals surface area contributed by atoms with Crippen LogP contribution in [-0.2, 0) is 6.54 Å². The van der Waals surface area contributed by atoms with Gasteiger partial charge in [-0.3, -0.25) is 0 Å². The molecule has 0 fully saturated rings. The first-order valence-electron chi connectivity index (χ1n) is 8.05. The van der Waals surface area contributed by atoms with Crippen molar-refractivity contribution < 1.29 is 18.9 Å². The smallest absolute Gasteiger partial charge is 0.165 e. The van der Waals surface area contributed by atoms with Gasteiger partial charge in [-0.15, -0.1) is 0 Å². The number of rotatable bonds is 6. The Kier molecular flexibility index (Phi) is 5.11. The lowest BCUT2D eigenvalue weighted by molar-refractivity contribution is 0.169. The standard InChI is InChI=1S/C19H23NO4/c1-13(16-11-15(21-2)7-8-17(16)22-3)20-12-14-5-4-6-18-19(14)24-10-9-23-18/h4-8,11,13,20H,9-10,12H2,1-3H3/t13-/m0/s1. The Labute approximate surface area is 142 Å². The van der Waals surface area contributed by atoms with Gasteiger partial charge < -0.3 is 24.3 Å². The summed E-state index contributed by atoms with van der Waals surface area (Å²) in [5.74, 6) is 3.30. The zero-order chi connectivity index (χ0) is 16.9. The molecule has 0 bridgehead atoms. The van der Waals surface area contributed by atoms with Crippen LogP contribution in [0.3, 0.4) is 0 Å². The Morgan fingerprint density at radius 2 is 1.92 bits per heavy atom. The van der Waals surface area contributed by atoms with Crippen LogP contribution < -0.4 is 24.3 Å². The maximum absolute atomic E-state index is 5.76. The number of hydrogen-bond donors (Lipinski definition) is 1. The zero-order valence-electron chi connectivity index (χ0n) is 14.3. The van der Waals surface area contributed by atoms with Crippen molar-refractivity contribution >= 4 is 0 Å². The van der Waals surface area contributed by atoms with Crippen LogP contribution in [0.15, 0.2) is 36.4 Å². The van der Waals surface area contributed by atoms with E-state index >= 15 is 0 Å². The number of nitrogens with one attached hydrogen (secondary N) is 1. The minimum absolute atomic E-state index is 0.0930. The van der Waals surface area contributed by atoms with Crippen molar-refractivity contribution in [2.24, 2.45) is 0 Å². The van der Waals surface area contributed by atoms with E-state index in [-0.39, 0.29) is 6.04 Å². The first-order chi connectivity index (χ1) is 11.7. The van der Waals surface area contributed by atoms with E-state index in [2.05, 4.69) is 18.3 Å². The Morgan fingerprint density at radius 3 is 2.71 bits per heavy atom. The first-order valence-corrected chi connectivity index (χ1v) is 8.05. The molecule has 1 N–H and O–H groups in total. The minimum Gasteiger partial charge on any atom is -0.497 e. The molecule has 0 aromatic heterocycles. The van der Waals surface area contributed by atoms with E-state index in [0.29, 0.717) is 19.8 Å². The van der Waals surface area contributed by atoms with Crippen molar-refractivity contribution in [2.75, 3.05) is 27.4 Å². The van der Waals surface area contributed by atoms with Crippen LogP contribution in [0.2, 0.25) is 0 Å². The number of hydrogen-bond acceptors (Lipinski definition) is 5. The third-order valence-electron chi connectivity index (χ3n) is 4.15. The number of benzene rings is 2. The molecule has 24 heavy (non-hydrogen) atoms. The van der Waals surface area contributed by atoms with E-state index in [0.717, 1.165) is 34.1 Å². The molecule has 128 valence electrons. The molecular weight excluding hydrogens is 306 g/mol. The molecule has 0 radical (unpaired) electrons. The second kappa shape index (κ2) is 7.45. The van der Waals surface area contributed by atoms with Gasteiger partial charge in [-0.1, -0.05) is 12.1 Å². The summed E-state index contributed by atoms with van der Waals surface area (Å²) < 4.78 is 22.2. The fourth-order valence-electron chi connectivity index (χ4n) is 2.82. The molecule has 1 aliphatic rings. The average Bonchev–Trinajstić information content (AvgIpc) is 2.65. The fourth-order valence-corrected chi connectivity index (χ4v) is 2.82. The zero-order valence-corrected chi connectivity index (χ0v) is 14.3. The fraction of sp³-hybridized carbons (Fsp3) is 0.368. The van der Waals surface area contributed by atoms with Crippen LogP contribution in [0.1, 0.15) is 24.1 Å². The van der Waals surface area contributed by atoms with Crippen LogP contribution in [0.5, 0.6) is 23.0 Å². The van der Waals surface area contributed by atoms with Gasteiger partial charge in [0.2, 0.25) is 0 Å². The molecule has 3 rings (SSSR count). The molecule has 1 heterocycles. The number of ether oxygens (including phenoxy) is 4. The van der Waals surface area contributed by atoms with Crippen molar-refractivity contribution in [1.29, 1.82) is 0 Å². The molecule has 2 aromatic carbocycles. The highest BCUT2D eigenvalue weighted by Gasteiger charge is 2.17. The lowest BCUT2D eigenvalue weighted by Crippen LogP contribution is -2.21. The highest BCUT2D eigenvalue weighted by atomic mass is 16.6. The maximum atomic E-state index is 5.76. The minimum atomic E-state index is 0.0930. The highest BCUT2D eigenvalue weighted by molar-refractivity contribution is 5.47. The van der Waals surface area contributed by atoms with Gasteiger partial charge in [0.05, 0.1) is 14.2 Å². The normalized spacial score (nSPS) is 14.1. The molecule has 0 amide bonds. The topological polar surface area (TPSA) is 49.0 Å². The van der Waals surface area contributed by atoms with Crippen molar-refractivity contribution in [1.82, 2.24) is 5.32 Å². The second-order valence-corrected chi connectivity index (χ2v) is 5.65. The molecule has 0 unspecified atom stereocenters. The lowest BCUT2D eigenvalue weighted by atomic mass is 10.1. The van der Waals surface area contributed by atoms with Crippen LogP contribution >= 0.6 is 0 Å². The number of fused-ring (bicyclic) bond motifs is 1. The molecule has 0 saturated heterocycles. The monoisotopic (exact) mass is 329 g/mol. The van der Waals surface area contributed by atoms with Crippen molar-refractivity contribution in [3.8, 4) is 23.0 Å². The summed E-state index contributed by atoms with van der Waals surface area (Å²) in [5, 5.41) is 3.52. The van der Waals surface area contributed by atoms with Crippen molar-refractivity contribution in [2.45, 2.75) is 19.5 Å². The average molecular weight is 329 g/mol. The van der Waals surface area contributed by atoms with Gasteiger partial charge in [0.15, 0.2) is 11.5 Å². The predicted molar refractivity (Wildman–Crippen MR) is 92.2 cm³/mol. The Balaban J connectivity index is 1.75. The predicted octanol–water partition coefficient (Wildman–Crippen LogP) is 3.33. The highest BCUT2D eigenvalue weighted by Crippen LogP contribution is 2.34. The lowest BCUT2D eigenvalue weighted by Gasteiger charge is -2.23. The molecule has 0 spiro atoms. The molecule has 5 heteroatoms. The molecule has 0 aliphatic carbocycles. The van der Waals surface area contributed by atoms with Gasteiger partial charge in [-0.25, -0.2) is 0 Å². The Bertz CT molecular complexity index is 702. The maximum Gasteiger partial charge on any atom is 0.165 e. The molecule has 1 aliphatic heterocycles. The molecule has 1 atom stereocenters. The van der Waals surface area contributed by atoms with Gasteiger partial charge in [-0.05, 0) is 31.2 Å². The Hall–Kier alpha value is -2.40. The van der Waals surface area contributed by atoms with Crippen molar-refractivity contribution in [3.63, 3.8) is 0 Å². The summed E-state index contributed by atoms with van der Waals surface area (Å²) in [6, 6.07) is 11.9. The van der Waals surface area contributed by atoms with E-state index in [1.165, 1.54) is 0 Å². The Morgan fingerprint density at radius 1 is 1.08 bits per heavy atom. The van der Waals surface area contributed by atoms with Gasteiger partial charge in [-0.2, -0.15) is 0 Å². The van der Waals surface area contributed by atoms with E-state index in [9.17, 15) is 0 Å². The van der Waals surface area contributed by atoms with E-state index in [4.69, 9.17) is 18.9 Å². The largest absolute Gasteiger partial charge is 0.497 e. The summed E-state index contributed by atoms with van der Waals surface area (Å²) >= 11 is 0. The number of methoxy groups -OCH3 is 2. The summed E-state index contributed by atoms with van der Waals surface area (Å²) in [4.78, 5) is 0. The molecular formula is C19H23NO4. The van der Waals surface area contributed by atoms with Crippen LogP contribution in [0.4, 0.5) is 0 Å². The third-order valence-corrected chi connectivity index (χ3v) is 4.15. The van der Waals surface area contributed by atoms with E-state index < -0.39 is 0 Å². The van der Waals surface area contributed by atoms with Crippen molar-refractivity contribution in [3.05, 3.63) is 47.5 Å². The first kappa shape index (κ1) is 16.5. The third kappa shape index (κ3) is 3.41. The summed E-state index contributed by atoms with van der Waals surface area (Å²) in [6.45, 7) is 3.96. The molecule has 0 saturated carbocycles. The van der Waals surface area contributed by atoms with Gasteiger partial charge in [0.1, 0.15) is 24.7 Å². The van der Waals surface area contributed by atoms with Gasteiger partial charge in [0, 0.05) is 23.7 Å². The summed E-state index contributed by atoms with van der Waals surface area (Å²) in [6.07, 6.45) is 0. The summed E-state index contributed by atoms with van der Waals surface area (Å²) in [5.41, 5.74) is 2.14. The molecule has 2 aromatic rings. The van der Waals surface area contributed by atoms with Crippen LogP contribution in [-0.4, -0.2) is 27.4 Å². The molecule has 5 nitrogen and oxygen atoms in total. The number of para-hydroxylation sites is 1.